The minimum absolute atomic E-state index is 0.279. The van der Waals surface area contributed by atoms with E-state index in [0.29, 0.717) is 18.7 Å². The predicted octanol–water partition coefficient (Wildman–Crippen LogP) is 2.42. The summed E-state index contributed by atoms with van der Waals surface area (Å²) in [6.45, 7) is 2.76. The van der Waals surface area contributed by atoms with E-state index in [9.17, 15) is 4.39 Å². The molecule has 4 nitrogen and oxygen atoms in total. The first-order valence-corrected chi connectivity index (χ1v) is 6.90. The summed E-state index contributed by atoms with van der Waals surface area (Å²) in [5, 5.41) is 3.28. The van der Waals surface area contributed by atoms with Gasteiger partial charge in [-0.15, -0.1) is 0 Å². The van der Waals surface area contributed by atoms with Crippen molar-refractivity contribution in [1.29, 1.82) is 0 Å². The lowest BCUT2D eigenvalue weighted by molar-refractivity contribution is 0.199. The fourth-order valence-electron chi connectivity index (χ4n) is 2.13. The molecule has 0 fully saturated rings. The summed E-state index contributed by atoms with van der Waals surface area (Å²) in [5.74, 6) is -0.0189. The second kappa shape index (κ2) is 7.81. The first-order valence-electron chi connectivity index (χ1n) is 6.90. The van der Waals surface area contributed by atoms with Crippen LogP contribution in [0.15, 0.2) is 36.7 Å². The topological polar surface area (TPSA) is 35.4 Å². The maximum atomic E-state index is 14.1. The largest absolute Gasteiger partial charge is 0.494 e. The summed E-state index contributed by atoms with van der Waals surface area (Å²) in [6.07, 6.45) is 3.96. The molecule has 1 aromatic carbocycles. The summed E-state index contributed by atoms with van der Waals surface area (Å²) < 4.78 is 26.0. The number of hydrogen-bond donors (Lipinski definition) is 1. The number of nitrogens with zero attached hydrogens (tertiary/aromatic N) is 1. The Bertz CT molecular complexity index is 569. The Morgan fingerprint density at radius 1 is 1.24 bits per heavy atom. The van der Waals surface area contributed by atoms with Crippen molar-refractivity contribution in [2.24, 2.45) is 0 Å². The average Bonchev–Trinajstić information content (AvgIpc) is 2.93. The molecule has 0 aliphatic rings. The summed E-state index contributed by atoms with van der Waals surface area (Å²) >= 11 is 0. The maximum Gasteiger partial charge on any atom is 0.170 e. The molecule has 0 saturated heterocycles. The summed E-state index contributed by atoms with van der Waals surface area (Å²) in [7, 11) is 3.16. The number of hydrogen-bond acceptors (Lipinski definition) is 3. The molecule has 1 heterocycles. The van der Waals surface area contributed by atoms with E-state index in [0.717, 1.165) is 18.7 Å². The lowest BCUT2D eigenvalue weighted by atomic mass is 10.2. The van der Waals surface area contributed by atoms with E-state index in [1.807, 2.05) is 23.0 Å². The molecular formula is C16H21FN2O2. The van der Waals surface area contributed by atoms with Crippen molar-refractivity contribution >= 4 is 0 Å². The van der Waals surface area contributed by atoms with Crippen molar-refractivity contribution in [3.63, 3.8) is 0 Å². The van der Waals surface area contributed by atoms with Gasteiger partial charge in [0, 0.05) is 38.2 Å². The van der Waals surface area contributed by atoms with Gasteiger partial charge in [-0.2, -0.15) is 0 Å². The number of nitrogens with one attached hydrogen (secondary N) is 1. The van der Waals surface area contributed by atoms with Crippen LogP contribution < -0.4 is 10.1 Å². The smallest absolute Gasteiger partial charge is 0.170 e. The van der Waals surface area contributed by atoms with Gasteiger partial charge in [0.2, 0.25) is 0 Å². The molecule has 0 atom stereocenters. The highest BCUT2D eigenvalue weighted by molar-refractivity contribution is 5.31. The van der Waals surface area contributed by atoms with E-state index < -0.39 is 0 Å². The van der Waals surface area contributed by atoms with Crippen molar-refractivity contribution in [3.05, 3.63) is 53.6 Å². The average molecular weight is 292 g/mol. The molecule has 1 N–H and O–H groups in total. The summed E-state index contributed by atoms with van der Waals surface area (Å²) in [4.78, 5) is 0. The van der Waals surface area contributed by atoms with Gasteiger partial charge in [0.15, 0.2) is 11.6 Å². The van der Waals surface area contributed by atoms with Gasteiger partial charge in [-0.1, -0.05) is 12.1 Å². The van der Waals surface area contributed by atoms with Crippen LogP contribution >= 0.6 is 0 Å². The minimum Gasteiger partial charge on any atom is -0.494 e. The number of ether oxygens (including phenoxy) is 2. The first-order chi connectivity index (χ1) is 10.2. The molecule has 0 spiro atoms. The molecule has 114 valence electrons. The van der Waals surface area contributed by atoms with Crippen LogP contribution in [0, 0.1) is 5.82 Å². The van der Waals surface area contributed by atoms with Crippen LogP contribution in [0.2, 0.25) is 0 Å². The van der Waals surface area contributed by atoms with Crippen molar-refractivity contribution in [1.82, 2.24) is 9.88 Å². The maximum absolute atomic E-state index is 14.1. The Morgan fingerprint density at radius 3 is 2.86 bits per heavy atom. The number of halogens is 1. The first kappa shape index (κ1) is 15.5. The molecular weight excluding hydrogens is 271 g/mol. The van der Waals surface area contributed by atoms with Crippen LogP contribution in [-0.2, 0) is 17.8 Å². The third-order valence-electron chi connectivity index (χ3n) is 3.24. The molecule has 1 aromatic heterocycles. The van der Waals surface area contributed by atoms with Gasteiger partial charge in [-0.25, -0.2) is 4.39 Å². The van der Waals surface area contributed by atoms with Gasteiger partial charge in [-0.05, 0) is 17.7 Å². The Morgan fingerprint density at radius 2 is 2.10 bits per heavy atom. The van der Waals surface area contributed by atoms with E-state index in [4.69, 9.17) is 9.47 Å². The van der Waals surface area contributed by atoms with E-state index in [1.54, 1.807) is 25.3 Å². The van der Waals surface area contributed by atoms with Crippen LogP contribution in [-0.4, -0.2) is 31.9 Å². The van der Waals surface area contributed by atoms with Gasteiger partial charge >= 0.3 is 0 Å². The highest BCUT2D eigenvalue weighted by Gasteiger charge is 2.08. The molecule has 0 aliphatic carbocycles. The Kier molecular flexibility index (Phi) is 5.78. The molecule has 0 saturated carbocycles. The van der Waals surface area contributed by atoms with Gasteiger partial charge < -0.3 is 19.4 Å². The lowest BCUT2D eigenvalue weighted by Crippen LogP contribution is -2.18. The quantitative estimate of drug-likeness (QED) is 0.759. The standard InChI is InChI=1S/C16H21FN2O2/c1-20-9-7-18-10-13-6-8-19(11-13)12-14-4-3-5-15(21-2)16(14)17/h3-6,8,11,18H,7,9-10,12H2,1-2H3. The van der Waals surface area contributed by atoms with Crippen LogP contribution in [0.25, 0.3) is 0 Å². The lowest BCUT2D eigenvalue weighted by Gasteiger charge is -2.08. The zero-order chi connectivity index (χ0) is 15.1. The highest BCUT2D eigenvalue weighted by atomic mass is 19.1. The van der Waals surface area contributed by atoms with E-state index >= 15 is 0 Å². The van der Waals surface area contributed by atoms with Crippen molar-refractivity contribution in [2.75, 3.05) is 27.4 Å². The summed E-state index contributed by atoms with van der Waals surface area (Å²) in [6, 6.07) is 7.22. The van der Waals surface area contributed by atoms with E-state index in [-0.39, 0.29) is 11.6 Å². The van der Waals surface area contributed by atoms with Crippen LogP contribution in [0.1, 0.15) is 11.1 Å². The van der Waals surface area contributed by atoms with E-state index in [2.05, 4.69) is 5.32 Å². The fraction of sp³-hybridized carbons (Fsp3) is 0.375. The SMILES string of the molecule is COCCNCc1ccn(Cc2cccc(OC)c2F)c1. The third kappa shape index (κ3) is 4.31. The van der Waals surface area contributed by atoms with Gasteiger partial charge in [-0.3, -0.25) is 0 Å². The molecule has 2 rings (SSSR count). The van der Waals surface area contributed by atoms with Crippen molar-refractivity contribution in [2.45, 2.75) is 13.1 Å². The Balaban J connectivity index is 1.96. The number of aromatic nitrogens is 1. The van der Waals surface area contributed by atoms with Gasteiger partial charge in [0.05, 0.1) is 20.3 Å². The second-order valence-electron chi connectivity index (χ2n) is 4.80. The number of rotatable bonds is 8. The molecule has 0 radical (unpaired) electrons. The number of methoxy groups -OCH3 is 2. The van der Waals surface area contributed by atoms with Crippen molar-refractivity contribution in [3.8, 4) is 5.75 Å². The monoisotopic (exact) mass is 292 g/mol. The third-order valence-corrected chi connectivity index (χ3v) is 3.24. The molecule has 0 aliphatic heterocycles. The minimum atomic E-state index is -0.298. The van der Waals surface area contributed by atoms with Crippen LogP contribution in [0.3, 0.4) is 0 Å². The van der Waals surface area contributed by atoms with Crippen LogP contribution in [0.4, 0.5) is 4.39 Å². The molecule has 0 amide bonds. The highest BCUT2D eigenvalue weighted by Crippen LogP contribution is 2.20. The number of benzene rings is 1. The Hall–Kier alpha value is -1.85. The molecule has 21 heavy (non-hydrogen) atoms. The van der Waals surface area contributed by atoms with Crippen LogP contribution in [0.5, 0.6) is 5.75 Å². The fourth-order valence-corrected chi connectivity index (χ4v) is 2.13. The summed E-state index contributed by atoms with van der Waals surface area (Å²) in [5.41, 5.74) is 1.78. The zero-order valence-corrected chi connectivity index (χ0v) is 12.4. The molecule has 5 heteroatoms. The van der Waals surface area contributed by atoms with Gasteiger partial charge in [0.25, 0.3) is 0 Å². The zero-order valence-electron chi connectivity index (χ0n) is 12.4. The molecule has 0 unspecified atom stereocenters. The van der Waals surface area contributed by atoms with Gasteiger partial charge in [0.1, 0.15) is 0 Å². The second-order valence-corrected chi connectivity index (χ2v) is 4.80. The molecule has 0 bridgehead atoms. The van der Waals surface area contributed by atoms with Crippen molar-refractivity contribution < 1.29 is 13.9 Å². The Labute approximate surface area is 124 Å². The molecule has 2 aromatic rings. The van der Waals surface area contributed by atoms with E-state index in [1.165, 1.54) is 7.11 Å². The normalized spacial score (nSPS) is 10.8. The predicted molar refractivity (Wildman–Crippen MR) is 80.1 cm³/mol.